The molecule has 0 aliphatic rings. The number of hydrogen-bond donors (Lipinski definition) is 0. The summed E-state index contributed by atoms with van der Waals surface area (Å²) < 4.78 is 0. The van der Waals surface area contributed by atoms with E-state index in [0.29, 0.717) is 13.0 Å². The molecule has 0 saturated heterocycles. The fourth-order valence-electron chi connectivity index (χ4n) is 3.00. The highest BCUT2D eigenvalue weighted by Gasteiger charge is 2.20. The smallest absolute Gasteiger partial charge is 0.223 e. The first-order valence-corrected chi connectivity index (χ1v) is 9.40. The summed E-state index contributed by atoms with van der Waals surface area (Å²) in [5, 5.41) is 2.08. The first-order chi connectivity index (χ1) is 12.1. The lowest BCUT2D eigenvalue weighted by Gasteiger charge is -2.22. The van der Waals surface area contributed by atoms with Crippen LogP contribution in [0.4, 0.5) is 0 Å². The molecule has 0 N–H and O–H groups in total. The molecule has 25 heavy (non-hydrogen) atoms. The van der Waals surface area contributed by atoms with Crippen molar-refractivity contribution in [2.45, 2.75) is 25.8 Å². The average Bonchev–Trinajstić information content (AvgIpc) is 3.05. The van der Waals surface area contributed by atoms with Crippen LogP contribution in [0.15, 0.2) is 72.1 Å². The molecule has 0 radical (unpaired) electrons. The Balaban J connectivity index is 1.78. The quantitative estimate of drug-likeness (QED) is 0.596. The van der Waals surface area contributed by atoms with Crippen LogP contribution in [-0.4, -0.2) is 17.9 Å². The van der Waals surface area contributed by atoms with Gasteiger partial charge in [-0.2, -0.15) is 0 Å². The van der Waals surface area contributed by atoms with Crippen molar-refractivity contribution in [1.29, 1.82) is 0 Å². The number of aryl methyl sites for hydroxylation is 1. The lowest BCUT2D eigenvalue weighted by molar-refractivity contribution is -0.130. The van der Waals surface area contributed by atoms with E-state index in [4.69, 9.17) is 0 Å². The summed E-state index contributed by atoms with van der Waals surface area (Å²) in [5.74, 6) is 0.257. The topological polar surface area (TPSA) is 20.3 Å². The maximum atomic E-state index is 12.9. The standard InChI is InChI=1S/C22H23NOS/c1-17-13-14-25-21(17)16-23(2)22(24)15-20(18-9-5-3-6-10-18)19-11-7-4-8-12-19/h3-14,20H,15-16H2,1-2H3. The van der Waals surface area contributed by atoms with Crippen LogP contribution in [0, 0.1) is 6.92 Å². The van der Waals surface area contributed by atoms with Crippen LogP contribution in [0.5, 0.6) is 0 Å². The molecular weight excluding hydrogens is 326 g/mol. The van der Waals surface area contributed by atoms with Crippen LogP contribution in [0.3, 0.4) is 0 Å². The van der Waals surface area contributed by atoms with Crippen molar-refractivity contribution in [2.24, 2.45) is 0 Å². The minimum absolute atomic E-state index is 0.0850. The van der Waals surface area contributed by atoms with Crippen LogP contribution in [0.2, 0.25) is 0 Å². The zero-order valence-corrected chi connectivity index (χ0v) is 15.5. The summed E-state index contributed by atoms with van der Waals surface area (Å²) in [4.78, 5) is 16.0. The largest absolute Gasteiger partial charge is 0.341 e. The summed E-state index contributed by atoms with van der Waals surface area (Å²) in [6.07, 6.45) is 0.481. The fourth-order valence-corrected chi connectivity index (χ4v) is 3.96. The summed E-state index contributed by atoms with van der Waals surface area (Å²) in [6.45, 7) is 2.78. The van der Waals surface area contributed by atoms with E-state index in [-0.39, 0.29) is 11.8 Å². The third-order valence-corrected chi connectivity index (χ3v) is 5.57. The number of amides is 1. The second-order valence-electron chi connectivity index (χ2n) is 6.35. The fraction of sp³-hybridized carbons (Fsp3) is 0.227. The number of nitrogens with zero attached hydrogens (tertiary/aromatic N) is 1. The van der Waals surface area contributed by atoms with Gasteiger partial charge in [0.25, 0.3) is 0 Å². The average molecular weight is 349 g/mol. The Morgan fingerprint density at radius 2 is 1.52 bits per heavy atom. The van der Waals surface area contributed by atoms with Crippen molar-refractivity contribution in [3.05, 3.63) is 93.7 Å². The van der Waals surface area contributed by atoms with Gasteiger partial charge in [-0.15, -0.1) is 11.3 Å². The lowest BCUT2D eigenvalue weighted by atomic mass is 9.88. The van der Waals surface area contributed by atoms with Gasteiger partial charge >= 0.3 is 0 Å². The van der Waals surface area contributed by atoms with Gasteiger partial charge in [-0.1, -0.05) is 60.7 Å². The van der Waals surface area contributed by atoms with Crippen molar-refractivity contribution in [1.82, 2.24) is 4.90 Å². The zero-order chi connectivity index (χ0) is 17.6. The van der Waals surface area contributed by atoms with E-state index in [1.807, 2.05) is 48.3 Å². The highest BCUT2D eigenvalue weighted by atomic mass is 32.1. The number of benzene rings is 2. The molecule has 0 spiro atoms. The van der Waals surface area contributed by atoms with Crippen LogP contribution >= 0.6 is 11.3 Å². The normalized spacial score (nSPS) is 10.8. The Morgan fingerprint density at radius 1 is 0.960 bits per heavy atom. The molecule has 0 atom stereocenters. The molecule has 3 aromatic rings. The molecule has 3 rings (SSSR count). The monoisotopic (exact) mass is 349 g/mol. The van der Waals surface area contributed by atoms with Crippen molar-refractivity contribution in [2.75, 3.05) is 7.05 Å². The van der Waals surface area contributed by atoms with Crippen molar-refractivity contribution in [3.63, 3.8) is 0 Å². The Labute approximate surface area is 153 Å². The minimum atomic E-state index is 0.0850. The summed E-state index contributed by atoms with van der Waals surface area (Å²) in [5.41, 5.74) is 3.62. The number of carbonyl (C=O) groups is 1. The number of thiophene rings is 1. The van der Waals surface area contributed by atoms with Gasteiger partial charge in [0, 0.05) is 24.3 Å². The van der Waals surface area contributed by atoms with Crippen LogP contribution in [-0.2, 0) is 11.3 Å². The molecule has 1 heterocycles. The Hall–Kier alpha value is -2.39. The van der Waals surface area contributed by atoms with E-state index in [9.17, 15) is 4.79 Å². The summed E-state index contributed by atoms with van der Waals surface area (Å²) in [6, 6.07) is 22.7. The van der Waals surface area contributed by atoms with Gasteiger partial charge in [0.15, 0.2) is 0 Å². The number of rotatable bonds is 6. The van der Waals surface area contributed by atoms with Crippen molar-refractivity contribution in [3.8, 4) is 0 Å². The third kappa shape index (κ3) is 4.37. The van der Waals surface area contributed by atoms with E-state index < -0.39 is 0 Å². The molecule has 2 nitrogen and oxygen atoms in total. The van der Waals surface area contributed by atoms with E-state index in [0.717, 1.165) is 0 Å². The molecule has 2 aromatic carbocycles. The van der Waals surface area contributed by atoms with Crippen LogP contribution < -0.4 is 0 Å². The number of hydrogen-bond acceptors (Lipinski definition) is 2. The van der Waals surface area contributed by atoms with Gasteiger partial charge in [0.2, 0.25) is 5.91 Å². The van der Waals surface area contributed by atoms with Crippen LogP contribution in [0.25, 0.3) is 0 Å². The van der Waals surface area contributed by atoms with Gasteiger partial charge in [0.1, 0.15) is 0 Å². The predicted octanol–water partition coefficient (Wildman–Crippen LogP) is 5.24. The third-order valence-electron chi connectivity index (χ3n) is 4.56. The minimum Gasteiger partial charge on any atom is -0.341 e. The molecule has 3 heteroatoms. The van der Waals surface area contributed by atoms with Gasteiger partial charge in [-0.05, 0) is 35.1 Å². The van der Waals surface area contributed by atoms with E-state index in [2.05, 4.69) is 42.6 Å². The first-order valence-electron chi connectivity index (χ1n) is 8.52. The predicted molar refractivity (Wildman–Crippen MR) is 105 cm³/mol. The highest BCUT2D eigenvalue weighted by Crippen LogP contribution is 2.29. The lowest BCUT2D eigenvalue weighted by Crippen LogP contribution is -2.27. The molecule has 1 amide bonds. The number of carbonyl (C=O) groups excluding carboxylic acids is 1. The highest BCUT2D eigenvalue weighted by molar-refractivity contribution is 7.10. The van der Waals surface area contributed by atoms with E-state index in [1.165, 1.54) is 21.6 Å². The molecule has 0 aliphatic heterocycles. The molecule has 1 aromatic heterocycles. The summed E-state index contributed by atoms with van der Waals surface area (Å²) >= 11 is 1.71. The first kappa shape index (κ1) is 17.4. The van der Waals surface area contributed by atoms with Gasteiger partial charge in [0.05, 0.1) is 6.54 Å². The SMILES string of the molecule is Cc1ccsc1CN(C)C(=O)CC(c1ccccc1)c1ccccc1. The Kier molecular flexibility index (Phi) is 5.67. The Bertz CT molecular complexity index is 771. The molecule has 0 bridgehead atoms. The summed E-state index contributed by atoms with van der Waals surface area (Å²) in [7, 11) is 1.90. The van der Waals surface area contributed by atoms with Gasteiger partial charge in [-0.25, -0.2) is 0 Å². The molecule has 0 saturated carbocycles. The Morgan fingerprint density at radius 3 is 2.00 bits per heavy atom. The van der Waals surface area contributed by atoms with Gasteiger partial charge in [-0.3, -0.25) is 4.79 Å². The second-order valence-corrected chi connectivity index (χ2v) is 7.36. The molecule has 0 unspecified atom stereocenters. The van der Waals surface area contributed by atoms with Crippen molar-refractivity contribution < 1.29 is 4.79 Å². The molecule has 0 fully saturated rings. The maximum absolute atomic E-state index is 12.9. The van der Waals surface area contributed by atoms with E-state index >= 15 is 0 Å². The second kappa shape index (κ2) is 8.13. The zero-order valence-electron chi connectivity index (χ0n) is 14.7. The van der Waals surface area contributed by atoms with Gasteiger partial charge < -0.3 is 4.90 Å². The van der Waals surface area contributed by atoms with E-state index in [1.54, 1.807) is 11.3 Å². The maximum Gasteiger partial charge on any atom is 0.223 e. The molecule has 0 aliphatic carbocycles. The molecule has 128 valence electrons. The molecular formula is C22H23NOS. The van der Waals surface area contributed by atoms with Crippen molar-refractivity contribution >= 4 is 17.2 Å². The van der Waals surface area contributed by atoms with Crippen LogP contribution in [0.1, 0.15) is 33.9 Å².